The second kappa shape index (κ2) is 5.39. The first-order valence-corrected chi connectivity index (χ1v) is 7.22. The molecule has 0 radical (unpaired) electrons. The quantitative estimate of drug-likeness (QED) is 0.857. The fourth-order valence-corrected chi connectivity index (χ4v) is 2.87. The van der Waals surface area contributed by atoms with Crippen LogP contribution in [0.15, 0.2) is 33.7 Å². The Hall–Kier alpha value is -0.560. The van der Waals surface area contributed by atoms with Crippen LogP contribution in [0.25, 0.3) is 0 Å². The molecule has 17 heavy (non-hydrogen) atoms. The first-order valence-electron chi connectivity index (χ1n) is 4.51. The number of primary sulfonamides is 1. The van der Waals surface area contributed by atoms with Crippen LogP contribution >= 0.6 is 27.5 Å². The second-order valence-corrected chi connectivity index (χ2v) is 6.36. The number of benzene rings is 1. The summed E-state index contributed by atoms with van der Waals surface area (Å²) in [6.07, 6.45) is 0. The molecule has 0 heterocycles. The molecule has 1 aromatic carbocycles. The first-order chi connectivity index (χ1) is 7.71. The summed E-state index contributed by atoms with van der Waals surface area (Å²) < 4.78 is 28.6. The SMILES string of the molecule is C=C(C)COc1c(Cl)cc(Br)cc1S(N)(=O)=O. The van der Waals surface area contributed by atoms with Gasteiger partial charge in [0, 0.05) is 4.47 Å². The van der Waals surface area contributed by atoms with E-state index in [1.54, 1.807) is 6.92 Å². The molecular weight excluding hydrogens is 330 g/mol. The van der Waals surface area contributed by atoms with E-state index in [1.165, 1.54) is 12.1 Å². The zero-order chi connectivity index (χ0) is 13.2. The van der Waals surface area contributed by atoms with Gasteiger partial charge in [0.2, 0.25) is 10.0 Å². The van der Waals surface area contributed by atoms with E-state index in [0.29, 0.717) is 4.47 Å². The second-order valence-electron chi connectivity index (χ2n) is 3.51. The molecule has 0 aromatic heterocycles. The van der Waals surface area contributed by atoms with Crippen molar-refractivity contribution in [3.8, 4) is 5.75 Å². The summed E-state index contributed by atoms with van der Waals surface area (Å²) in [5, 5.41) is 5.26. The third-order valence-electron chi connectivity index (χ3n) is 1.74. The Morgan fingerprint density at radius 3 is 2.65 bits per heavy atom. The largest absolute Gasteiger partial charge is 0.486 e. The maximum absolute atomic E-state index is 11.4. The fourth-order valence-electron chi connectivity index (χ4n) is 1.08. The number of sulfonamides is 1. The molecule has 1 rings (SSSR count). The molecule has 94 valence electrons. The van der Waals surface area contributed by atoms with Crippen LogP contribution in [0, 0.1) is 0 Å². The number of hydrogen-bond donors (Lipinski definition) is 1. The smallest absolute Gasteiger partial charge is 0.241 e. The van der Waals surface area contributed by atoms with Gasteiger partial charge in [0.1, 0.15) is 11.5 Å². The number of ether oxygens (including phenoxy) is 1. The van der Waals surface area contributed by atoms with Crippen molar-refractivity contribution in [2.75, 3.05) is 6.61 Å². The van der Waals surface area contributed by atoms with Crippen LogP contribution in [0.2, 0.25) is 5.02 Å². The van der Waals surface area contributed by atoms with Gasteiger partial charge in [-0.15, -0.1) is 0 Å². The van der Waals surface area contributed by atoms with Gasteiger partial charge in [-0.3, -0.25) is 0 Å². The highest BCUT2D eigenvalue weighted by Crippen LogP contribution is 2.35. The van der Waals surface area contributed by atoms with Crippen LogP contribution in [-0.4, -0.2) is 15.0 Å². The molecule has 2 N–H and O–H groups in total. The number of nitrogens with two attached hydrogens (primary N) is 1. The molecule has 4 nitrogen and oxygen atoms in total. The minimum Gasteiger partial charge on any atom is -0.486 e. The van der Waals surface area contributed by atoms with Crippen molar-refractivity contribution in [2.45, 2.75) is 11.8 Å². The van der Waals surface area contributed by atoms with Gasteiger partial charge >= 0.3 is 0 Å². The van der Waals surface area contributed by atoms with Crippen LogP contribution in [0.3, 0.4) is 0 Å². The molecule has 0 saturated heterocycles. The summed E-state index contributed by atoms with van der Waals surface area (Å²) in [6.45, 7) is 5.58. The predicted octanol–water partition coefficient (Wildman–Crippen LogP) is 2.70. The highest BCUT2D eigenvalue weighted by Gasteiger charge is 2.19. The van der Waals surface area contributed by atoms with Gasteiger partial charge in [-0.25, -0.2) is 13.6 Å². The topological polar surface area (TPSA) is 69.4 Å². The molecule has 0 spiro atoms. The van der Waals surface area contributed by atoms with Crippen LogP contribution in [-0.2, 0) is 10.0 Å². The van der Waals surface area contributed by atoms with E-state index in [-0.39, 0.29) is 22.3 Å². The van der Waals surface area contributed by atoms with E-state index in [9.17, 15) is 8.42 Å². The summed E-state index contributed by atoms with van der Waals surface area (Å²) in [7, 11) is -3.90. The molecule has 0 aliphatic rings. The van der Waals surface area contributed by atoms with Crippen LogP contribution < -0.4 is 9.88 Å². The zero-order valence-corrected chi connectivity index (χ0v) is 12.2. The Kier molecular flexibility index (Phi) is 4.60. The molecule has 0 aliphatic carbocycles. The maximum Gasteiger partial charge on any atom is 0.241 e. The maximum atomic E-state index is 11.4. The van der Waals surface area contributed by atoms with Gasteiger partial charge in [0.05, 0.1) is 5.02 Å². The fraction of sp³-hybridized carbons (Fsp3) is 0.200. The summed E-state index contributed by atoms with van der Waals surface area (Å²) >= 11 is 9.06. The van der Waals surface area contributed by atoms with Crippen molar-refractivity contribution >= 4 is 37.6 Å². The van der Waals surface area contributed by atoms with Gasteiger partial charge in [0.25, 0.3) is 0 Å². The van der Waals surface area contributed by atoms with E-state index in [1.807, 2.05) is 0 Å². The lowest BCUT2D eigenvalue weighted by molar-refractivity contribution is 0.343. The summed E-state index contributed by atoms with van der Waals surface area (Å²) in [5.41, 5.74) is 0.740. The van der Waals surface area contributed by atoms with Crippen molar-refractivity contribution in [2.24, 2.45) is 5.14 Å². The van der Waals surface area contributed by atoms with Crippen molar-refractivity contribution in [3.05, 3.63) is 33.8 Å². The molecule has 0 unspecified atom stereocenters. The standard InChI is InChI=1S/C10H11BrClNO3S/c1-6(2)5-16-10-8(12)3-7(11)4-9(10)17(13,14)15/h3-4H,1,5H2,2H3,(H2,13,14,15). The average Bonchev–Trinajstić information content (AvgIpc) is 2.13. The highest BCUT2D eigenvalue weighted by molar-refractivity contribution is 9.10. The summed E-state index contributed by atoms with van der Waals surface area (Å²) in [6, 6.07) is 2.87. The lowest BCUT2D eigenvalue weighted by Gasteiger charge is -2.12. The number of rotatable bonds is 4. The van der Waals surface area contributed by atoms with Gasteiger partial charge in [-0.05, 0) is 24.6 Å². The molecule has 0 fully saturated rings. The summed E-state index contributed by atoms with van der Waals surface area (Å²) in [5.74, 6) is 0.0420. The molecular formula is C10H11BrClNO3S. The first kappa shape index (κ1) is 14.5. The highest BCUT2D eigenvalue weighted by atomic mass is 79.9. The van der Waals surface area contributed by atoms with Crippen molar-refractivity contribution in [3.63, 3.8) is 0 Å². The zero-order valence-electron chi connectivity index (χ0n) is 9.04. The van der Waals surface area contributed by atoms with E-state index < -0.39 is 10.0 Å². The van der Waals surface area contributed by atoms with Crippen LogP contribution in [0.1, 0.15) is 6.92 Å². The van der Waals surface area contributed by atoms with Crippen molar-refractivity contribution in [1.29, 1.82) is 0 Å². The molecule has 0 amide bonds. The molecule has 0 saturated carbocycles. The Labute approximate surface area is 114 Å². The van der Waals surface area contributed by atoms with Crippen molar-refractivity contribution in [1.82, 2.24) is 0 Å². The summed E-state index contributed by atoms with van der Waals surface area (Å²) in [4.78, 5) is -0.155. The number of hydrogen-bond acceptors (Lipinski definition) is 3. The number of halogens is 2. The lowest BCUT2D eigenvalue weighted by atomic mass is 10.3. The van der Waals surface area contributed by atoms with Gasteiger partial charge in [0.15, 0.2) is 5.75 Å². The average molecular weight is 341 g/mol. The molecule has 0 bridgehead atoms. The Morgan fingerprint density at radius 1 is 1.59 bits per heavy atom. The monoisotopic (exact) mass is 339 g/mol. The molecule has 7 heteroatoms. The Morgan fingerprint density at radius 2 is 2.18 bits per heavy atom. The Balaban J connectivity index is 3.31. The van der Waals surface area contributed by atoms with Crippen LogP contribution in [0.5, 0.6) is 5.75 Å². The predicted molar refractivity (Wildman–Crippen MR) is 70.8 cm³/mol. The van der Waals surface area contributed by atoms with Gasteiger partial charge in [-0.2, -0.15) is 0 Å². The minimum atomic E-state index is -3.90. The Bertz CT molecular complexity index is 557. The molecule has 0 atom stereocenters. The third-order valence-corrected chi connectivity index (χ3v) is 3.40. The van der Waals surface area contributed by atoms with Gasteiger partial charge < -0.3 is 4.74 Å². The van der Waals surface area contributed by atoms with E-state index in [4.69, 9.17) is 21.5 Å². The van der Waals surface area contributed by atoms with E-state index >= 15 is 0 Å². The van der Waals surface area contributed by atoms with E-state index in [0.717, 1.165) is 5.57 Å². The molecule has 0 aliphatic heterocycles. The molecule has 1 aromatic rings. The third kappa shape index (κ3) is 3.99. The lowest BCUT2D eigenvalue weighted by Crippen LogP contribution is -2.14. The van der Waals surface area contributed by atoms with Crippen molar-refractivity contribution < 1.29 is 13.2 Å². The normalized spacial score (nSPS) is 11.3. The minimum absolute atomic E-state index is 0.0420. The van der Waals surface area contributed by atoms with Gasteiger partial charge in [-0.1, -0.05) is 34.1 Å². The van der Waals surface area contributed by atoms with Crippen LogP contribution in [0.4, 0.5) is 0 Å². The van der Waals surface area contributed by atoms with E-state index in [2.05, 4.69) is 22.5 Å².